The Morgan fingerprint density at radius 1 is 0.425 bits per heavy atom. The van der Waals surface area contributed by atoms with Crippen LogP contribution in [-0.2, 0) is 0 Å². The molecule has 0 aliphatic heterocycles. The Morgan fingerprint density at radius 2 is 1.00 bits per heavy atom. The maximum Gasteiger partial charge on any atom is 0.0789 e. The summed E-state index contributed by atoms with van der Waals surface area (Å²) < 4.78 is 4.92. The van der Waals surface area contributed by atoms with E-state index in [1.165, 1.54) is 54.7 Å². The maximum absolute atomic E-state index is 4.78. The van der Waals surface area contributed by atoms with Crippen molar-refractivity contribution in [1.29, 1.82) is 0 Å². The number of pyridine rings is 1. The van der Waals surface area contributed by atoms with E-state index in [-0.39, 0.29) is 0 Å². The lowest BCUT2D eigenvalue weighted by Gasteiger charge is -2.15. The molecule has 0 amide bonds. The molecular weight excluding hydrogens is 486 g/mol. The summed E-state index contributed by atoms with van der Waals surface area (Å²) in [4.78, 5) is 4.78. The standard InChI is InChI=1S/C37H23N3/c1-2-12-25(13-3-1)39-32-18-8-6-15-27(32)30-20-21-31-28-16-7-9-19-33(28)40(37(31)36(30)39)34-23-24-11-10-22-38-35(24)29-17-5-4-14-26(29)34/h1-23H. The molecule has 9 aromatic rings. The number of nitrogens with zero attached hydrogens (tertiary/aromatic N) is 3. The summed E-state index contributed by atoms with van der Waals surface area (Å²) in [5, 5.41) is 8.50. The molecule has 186 valence electrons. The van der Waals surface area contributed by atoms with Crippen LogP contribution in [0.1, 0.15) is 0 Å². The van der Waals surface area contributed by atoms with Crippen LogP contribution in [0.3, 0.4) is 0 Å². The van der Waals surface area contributed by atoms with Crippen molar-refractivity contribution in [2.24, 2.45) is 0 Å². The average molecular weight is 510 g/mol. The van der Waals surface area contributed by atoms with Crippen LogP contribution in [0.25, 0.3) is 76.7 Å². The van der Waals surface area contributed by atoms with Gasteiger partial charge in [0, 0.05) is 49.6 Å². The van der Waals surface area contributed by atoms with Gasteiger partial charge in [-0.15, -0.1) is 0 Å². The van der Waals surface area contributed by atoms with E-state index in [2.05, 4.69) is 137 Å². The molecule has 0 unspecified atom stereocenters. The van der Waals surface area contributed by atoms with Crippen molar-refractivity contribution in [3.63, 3.8) is 0 Å². The molecule has 0 aliphatic rings. The fourth-order valence-electron chi connectivity index (χ4n) is 6.68. The molecule has 3 aromatic heterocycles. The lowest BCUT2D eigenvalue weighted by Crippen LogP contribution is -2.00. The van der Waals surface area contributed by atoms with Gasteiger partial charge >= 0.3 is 0 Å². The fraction of sp³-hybridized carbons (Fsp3) is 0. The van der Waals surface area contributed by atoms with E-state index in [1.54, 1.807) is 0 Å². The summed E-state index contributed by atoms with van der Waals surface area (Å²) >= 11 is 0. The molecule has 9 rings (SSSR count). The summed E-state index contributed by atoms with van der Waals surface area (Å²) in [5.74, 6) is 0. The Hall–Kier alpha value is -5.41. The first kappa shape index (κ1) is 21.5. The lowest BCUT2D eigenvalue weighted by atomic mass is 10.0. The molecular formula is C37H23N3. The lowest BCUT2D eigenvalue weighted by molar-refractivity contribution is 1.16. The van der Waals surface area contributed by atoms with Gasteiger partial charge in [0.25, 0.3) is 0 Å². The van der Waals surface area contributed by atoms with Gasteiger partial charge in [-0.3, -0.25) is 4.98 Å². The van der Waals surface area contributed by atoms with Crippen molar-refractivity contribution < 1.29 is 0 Å². The second kappa shape index (κ2) is 8.05. The SMILES string of the molecule is c1ccc(-n2c3ccccc3c3ccc4c5ccccc5n(-c5cc6cccnc6c6ccccc56)c4c32)cc1. The van der Waals surface area contributed by atoms with Gasteiger partial charge in [0.1, 0.15) is 0 Å². The summed E-state index contributed by atoms with van der Waals surface area (Å²) in [7, 11) is 0. The number of hydrogen-bond donors (Lipinski definition) is 0. The van der Waals surface area contributed by atoms with Gasteiger partial charge in [-0.2, -0.15) is 0 Å². The van der Waals surface area contributed by atoms with Gasteiger partial charge < -0.3 is 9.13 Å². The highest BCUT2D eigenvalue weighted by molar-refractivity contribution is 6.24. The average Bonchev–Trinajstić information content (AvgIpc) is 3.54. The van der Waals surface area contributed by atoms with Crippen LogP contribution in [0.5, 0.6) is 0 Å². The molecule has 0 fully saturated rings. The van der Waals surface area contributed by atoms with E-state index >= 15 is 0 Å². The van der Waals surface area contributed by atoms with Crippen LogP contribution in [-0.4, -0.2) is 14.1 Å². The maximum atomic E-state index is 4.78. The number of fused-ring (bicyclic) bond motifs is 10. The third kappa shape index (κ3) is 2.81. The molecule has 0 spiro atoms. The van der Waals surface area contributed by atoms with Crippen LogP contribution < -0.4 is 0 Å². The van der Waals surface area contributed by atoms with Gasteiger partial charge in [-0.1, -0.05) is 97.1 Å². The normalized spacial score (nSPS) is 12.0. The van der Waals surface area contributed by atoms with Crippen LogP contribution in [0.15, 0.2) is 140 Å². The van der Waals surface area contributed by atoms with Crippen molar-refractivity contribution in [2.75, 3.05) is 0 Å². The van der Waals surface area contributed by atoms with Crippen molar-refractivity contribution in [1.82, 2.24) is 14.1 Å². The minimum atomic E-state index is 1.03. The van der Waals surface area contributed by atoms with Crippen molar-refractivity contribution >= 4 is 65.3 Å². The first-order chi connectivity index (χ1) is 19.9. The van der Waals surface area contributed by atoms with Gasteiger partial charge in [0.2, 0.25) is 0 Å². The van der Waals surface area contributed by atoms with E-state index in [0.717, 1.165) is 22.0 Å². The number of benzene rings is 6. The zero-order valence-electron chi connectivity index (χ0n) is 21.6. The molecule has 0 aliphatic carbocycles. The topological polar surface area (TPSA) is 22.8 Å². The second-order valence-electron chi connectivity index (χ2n) is 10.4. The second-order valence-corrected chi connectivity index (χ2v) is 10.4. The van der Waals surface area contributed by atoms with Crippen molar-refractivity contribution in [2.45, 2.75) is 0 Å². The van der Waals surface area contributed by atoms with Crippen LogP contribution in [0.2, 0.25) is 0 Å². The van der Waals surface area contributed by atoms with Crippen molar-refractivity contribution in [3.05, 3.63) is 140 Å². The van der Waals surface area contributed by atoms with E-state index < -0.39 is 0 Å². The van der Waals surface area contributed by atoms with Gasteiger partial charge in [0.05, 0.1) is 33.3 Å². The number of aromatic nitrogens is 3. The van der Waals surface area contributed by atoms with Gasteiger partial charge in [0.15, 0.2) is 0 Å². The monoisotopic (exact) mass is 509 g/mol. The first-order valence-corrected chi connectivity index (χ1v) is 13.7. The van der Waals surface area contributed by atoms with E-state index in [0.29, 0.717) is 0 Å². The van der Waals surface area contributed by atoms with Gasteiger partial charge in [-0.05, 0) is 36.4 Å². The highest BCUT2D eigenvalue weighted by atomic mass is 15.0. The Bertz CT molecular complexity index is 2430. The quantitative estimate of drug-likeness (QED) is 0.213. The zero-order chi connectivity index (χ0) is 26.2. The molecule has 3 heterocycles. The third-order valence-corrected chi connectivity index (χ3v) is 8.31. The molecule has 0 bridgehead atoms. The predicted molar refractivity (Wildman–Crippen MR) is 168 cm³/mol. The summed E-state index contributed by atoms with van der Waals surface area (Å²) in [6.45, 7) is 0. The molecule has 0 saturated carbocycles. The Kier molecular flexibility index (Phi) is 4.33. The minimum Gasteiger partial charge on any atom is -0.307 e. The third-order valence-electron chi connectivity index (χ3n) is 8.31. The molecule has 0 atom stereocenters. The Balaban J connectivity index is 1.58. The molecule has 0 saturated heterocycles. The highest BCUT2D eigenvalue weighted by Gasteiger charge is 2.22. The Labute approximate surface area is 230 Å². The molecule has 0 N–H and O–H groups in total. The molecule has 3 nitrogen and oxygen atoms in total. The molecule has 0 radical (unpaired) electrons. The molecule has 3 heteroatoms. The van der Waals surface area contributed by atoms with Crippen LogP contribution in [0.4, 0.5) is 0 Å². The van der Waals surface area contributed by atoms with Gasteiger partial charge in [-0.25, -0.2) is 0 Å². The molecule has 6 aromatic carbocycles. The van der Waals surface area contributed by atoms with Crippen LogP contribution in [0, 0.1) is 0 Å². The smallest absolute Gasteiger partial charge is 0.0789 e. The summed E-state index contributed by atoms with van der Waals surface area (Å²) in [6.07, 6.45) is 1.89. The molecule has 40 heavy (non-hydrogen) atoms. The summed E-state index contributed by atoms with van der Waals surface area (Å²) in [5.41, 5.74) is 8.20. The first-order valence-electron chi connectivity index (χ1n) is 13.7. The van der Waals surface area contributed by atoms with E-state index in [4.69, 9.17) is 4.98 Å². The number of rotatable bonds is 2. The fourth-order valence-corrected chi connectivity index (χ4v) is 6.68. The largest absolute Gasteiger partial charge is 0.307 e. The predicted octanol–water partition coefficient (Wildman–Crippen LogP) is 9.58. The highest BCUT2D eigenvalue weighted by Crippen LogP contribution is 2.43. The van der Waals surface area contributed by atoms with E-state index in [9.17, 15) is 0 Å². The van der Waals surface area contributed by atoms with E-state index in [1.807, 2.05) is 12.3 Å². The zero-order valence-corrected chi connectivity index (χ0v) is 21.6. The number of para-hydroxylation sites is 3. The number of hydrogen-bond acceptors (Lipinski definition) is 1. The van der Waals surface area contributed by atoms with Crippen LogP contribution >= 0.6 is 0 Å². The Morgan fingerprint density at radius 3 is 1.73 bits per heavy atom. The minimum absolute atomic E-state index is 1.03. The van der Waals surface area contributed by atoms with Crippen molar-refractivity contribution in [3.8, 4) is 11.4 Å². The summed E-state index contributed by atoms with van der Waals surface area (Å²) in [6, 6.07) is 48.1.